The van der Waals surface area contributed by atoms with Gasteiger partial charge in [0.2, 0.25) is 5.91 Å². The number of carbonyl (C=O) groups is 2. The van der Waals surface area contributed by atoms with Crippen LogP contribution in [0.4, 0.5) is 11.4 Å². The number of aryl methyl sites for hydroxylation is 2. The summed E-state index contributed by atoms with van der Waals surface area (Å²) >= 11 is 0. The third kappa shape index (κ3) is 4.23. The number of carbonyl (C=O) groups excluding carboxylic acids is 2. The molecule has 26 heavy (non-hydrogen) atoms. The average Bonchev–Trinajstić information content (AvgIpc) is 3.15. The summed E-state index contributed by atoms with van der Waals surface area (Å²) in [7, 11) is 0. The molecule has 0 saturated carbocycles. The molecule has 0 atom stereocenters. The van der Waals surface area contributed by atoms with E-state index in [2.05, 4.69) is 10.6 Å². The largest absolute Gasteiger partial charge is 0.376 e. The van der Waals surface area contributed by atoms with E-state index in [1.807, 2.05) is 36.9 Å². The van der Waals surface area contributed by atoms with E-state index in [-0.39, 0.29) is 18.4 Å². The summed E-state index contributed by atoms with van der Waals surface area (Å²) in [5.74, 6) is -0.106. The molecule has 0 bridgehead atoms. The van der Waals surface area contributed by atoms with Gasteiger partial charge in [-0.15, -0.1) is 0 Å². The highest BCUT2D eigenvalue weighted by molar-refractivity contribution is 5.98. The maximum Gasteiger partial charge on any atom is 0.253 e. The minimum Gasteiger partial charge on any atom is -0.376 e. The minimum absolute atomic E-state index is 0.0345. The number of anilines is 2. The van der Waals surface area contributed by atoms with Crippen LogP contribution in [0.5, 0.6) is 0 Å². The Labute approximate surface area is 154 Å². The molecule has 1 fully saturated rings. The van der Waals surface area contributed by atoms with Crippen LogP contribution in [0.3, 0.4) is 0 Å². The summed E-state index contributed by atoms with van der Waals surface area (Å²) in [4.78, 5) is 26.6. The molecule has 3 rings (SSSR count). The van der Waals surface area contributed by atoms with E-state index in [1.165, 1.54) is 0 Å². The highest BCUT2D eigenvalue weighted by Gasteiger charge is 2.19. The van der Waals surface area contributed by atoms with Crippen LogP contribution in [-0.4, -0.2) is 36.3 Å². The second-order valence-corrected chi connectivity index (χ2v) is 6.75. The predicted molar refractivity (Wildman–Crippen MR) is 105 cm³/mol. The Kier molecular flexibility index (Phi) is 5.56. The van der Waals surface area contributed by atoms with E-state index in [1.54, 1.807) is 24.3 Å². The SMILES string of the molecule is Cc1cccc(C)c1NCC(=O)Nc1cccc(C(=O)N2CCCC2)c1. The lowest BCUT2D eigenvalue weighted by Gasteiger charge is -2.16. The number of rotatable bonds is 5. The predicted octanol–water partition coefficient (Wildman–Crippen LogP) is 3.59. The zero-order valence-electron chi connectivity index (χ0n) is 15.3. The number of amides is 2. The summed E-state index contributed by atoms with van der Waals surface area (Å²) in [5.41, 5.74) is 4.46. The number of nitrogens with one attached hydrogen (secondary N) is 2. The average molecular weight is 351 g/mol. The molecule has 5 nitrogen and oxygen atoms in total. The van der Waals surface area contributed by atoms with Gasteiger partial charge in [0.05, 0.1) is 6.54 Å². The number of benzene rings is 2. The first kappa shape index (κ1) is 18.0. The standard InChI is InChI=1S/C21H25N3O2/c1-15-7-5-8-16(2)20(15)22-14-19(25)23-18-10-6-9-17(13-18)21(26)24-11-3-4-12-24/h5-10,13,22H,3-4,11-12,14H2,1-2H3,(H,23,25). The summed E-state index contributed by atoms with van der Waals surface area (Å²) in [6, 6.07) is 13.2. The summed E-state index contributed by atoms with van der Waals surface area (Å²) < 4.78 is 0. The molecular weight excluding hydrogens is 326 g/mol. The van der Waals surface area contributed by atoms with Crippen molar-refractivity contribution < 1.29 is 9.59 Å². The Bertz CT molecular complexity index is 790. The highest BCUT2D eigenvalue weighted by atomic mass is 16.2. The monoisotopic (exact) mass is 351 g/mol. The molecule has 5 heteroatoms. The van der Waals surface area contributed by atoms with Gasteiger partial charge in [0.25, 0.3) is 5.91 Å². The molecule has 1 aliphatic heterocycles. The summed E-state index contributed by atoms with van der Waals surface area (Å²) in [6.07, 6.45) is 2.12. The maximum atomic E-state index is 12.5. The summed E-state index contributed by atoms with van der Waals surface area (Å²) in [6.45, 7) is 5.83. The first-order chi connectivity index (χ1) is 12.5. The van der Waals surface area contributed by atoms with Gasteiger partial charge < -0.3 is 15.5 Å². The van der Waals surface area contributed by atoms with Crippen LogP contribution in [0.25, 0.3) is 0 Å². The minimum atomic E-state index is -0.140. The van der Waals surface area contributed by atoms with Crippen molar-refractivity contribution in [1.29, 1.82) is 0 Å². The van der Waals surface area contributed by atoms with E-state index in [0.717, 1.165) is 42.7 Å². The second-order valence-electron chi connectivity index (χ2n) is 6.75. The van der Waals surface area contributed by atoms with E-state index in [9.17, 15) is 9.59 Å². The van der Waals surface area contributed by atoms with Crippen LogP contribution in [0, 0.1) is 13.8 Å². The Balaban J connectivity index is 1.61. The molecule has 0 radical (unpaired) electrons. The molecule has 1 aliphatic rings. The molecule has 2 aromatic rings. The van der Waals surface area contributed by atoms with Crippen molar-refractivity contribution in [1.82, 2.24) is 4.90 Å². The molecule has 0 unspecified atom stereocenters. The zero-order chi connectivity index (χ0) is 18.5. The van der Waals surface area contributed by atoms with Gasteiger partial charge in [-0.1, -0.05) is 24.3 Å². The van der Waals surface area contributed by atoms with E-state index >= 15 is 0 Å². The van der Waals surface area contributed by atoms with Gasteiger partial charge in [0.1, 0.15) is 0 Å². The maximum absolute atomic E-state index is 12.5. The molecular formula is C21H25N3O2. The molecule has 0 spiro atoms. The molecule has 1 saturated heterocycles. The van der Waals surface area contributed by atoms with E-state index < -0.39 is 0 Å². The Hall–Kier alpha value is -2.82. The van der Waals surface area contributed by atoms with Crippen molar-refractivity contribution in [3.05, 3.63) is 59.2 Å². The smallest absolute Gasteiger partial charge is 0.253 e. The topological polar surface area (TPSA) is 61.4 Å². The van der Waals surface area contributed by atoms with Crippen molar-refractivity contribution in [2.45, 2.75) is 26.7 Å². The van der Waals surface area contributed by atoms with Gasteiger partial charge in [0, 0.05) is 30.0 Å². The van der Waals surface area contributed by atoms with Gasteiger partial charge in [0.15, 0.2) is 0 Å². The van der Waals surface area contributed by atoms with Gasteiger partial charge in [-0.2, -0.15) is 0 Å². The van der Waals surface area contributed by atoms with Crippen LogP contribution < -0.4 is 10.6 Å². The number of hydrogen-bond acceptors (Lipinski definition) is 3. The van der Waals surface area contributed by atoms with Gasteiger partial charge in [-0.05, 0) is 56.0 Å². The number of para-hydroxylation sites is 1. The number of hydrogen-bond donors (Lipinski definition) is 2. The zero-order valence-corrected chi connectivity index (χ0v) is 15.3. The molecule has 0 aliphatic carbocycles. The third-order valence-electron chi connectivity index (χ3n) is 4.69. The Morgan fingerprint density at radius 1 is 1.00 bits per heavy atom. The molecule has 136 valence electrons. The fraction of sp³-hybridized carbons (Fsp3) is 0.333. The lowest BCUT2D eigenvalue weighted by atomic mass is 10.1. The lowest BCUT2D eigenvalue weighted by Crippen LogP contribution is -2.27. The van der Waals surface area contributed by atoms with E-state index in [4.69, 9.17) is 0 Å². The summed E-state index contributed by atoms with van der Waals surface area (Å²) in [5, 5.41) is 6.06. The molecule has 1 heterocycles. The molecule has 2 aromatic carbocycles. The molecule has 0 aromatic heterocycles. The van der Waals surface area contributed by atoms with Crippen molar-refractivity contribution >= 4 is 23.2 Å². The van der Waals surface area contributed by atoms with Gasteiger partial charge in [-0.3, -0.25) is 9.59 Å². The van der Waals surface area contributed by atoms with Crippen LogP contribution in [0.1, 0.15) is 34.3 Å². The fourth-order valence-electron chi connectivity index (χ4n) is 3.30. The lowest BCUT2D eigenvalue weighted by molar-refractivity contribution is -0.114. The Morgan fingerprint density at radius 2 is 1.65 bits per heavy atom. The second kappa shape index (κ2) is 8.04. The Morgan fingerprint density at radius 3 is 2.35 bits per heavy atom. The third-order valence-corrected chi connectivity index (χ3v) is 4.69. The van der Waals surface area contributed by atoms with Crippen molar-refractivity contribution in [3.63, 3.8) is 0 Å². The number of nitrogens with zero attached hydrogens (tertiary/aromatic N) is 1. The van der Waals surface area contributed by atoms with Crippen LogP contribution >= 0.6 is 0 Å². The van der Waals surface area contributed by atoms with Crippen LogP contribution in [0.15, 0.2) is 42.5 Å². The first-order valence-electron chi connectivity index (χ1n) is 9.04. The van der Waals surface area contributed by atoms with Crippen LogP contribution in [-0.2, 0) is 4.79 Å². The first-order valence-corrected chi connectivity index (χ1v) is 9.04. The fourth-order valence-corrected chi connectivity index (χ4v) is 3.30. The molecule has 2 N–H and O–H groups in total. The highest BCUT2D eigenvalue weighted by Crippen LogP contribution is 2.19. The van der Waals surface area contributed by atoms with E-state index in [0.29, 0.717) is 11.3 Å². The quantitative estimate of drug-likeness (QED) is 0.865. The van der Waals surface area contributed by atoms with Gasteiger partial charge in [-0.25, -0.2) is 0 Å². The molecule has 2 amide bonds. The van der Waals surface area contributed by atoms with Crippen LogP contribution in [0.2, 0.25) is 0 Å². The van der Waals surface area contributed by atoms with Crippen molar-refractivity contribution in [2.24, 2.45) is 0 Å². The van der Waals surface area contributed by atoms with Gasteiger partial charge >= 0.3 is 0 Å². The number of likely N-dealkylation sites (tertiary alicyclic amines) is 1. The normalized spacial score (nSPS) is 13.5. The van der Waals surface area contributed by atoms with Crippen molar-refractivity contribution in [3.8, 4) is 0 Å². The van der Waals surface area contributed by atoms with Crippen molar-refractivity contribution in [2.75, 3.05) is 30.3 Å².